The highest BCUT2D eigenvalue weighted by Crippen LogP contribution is 2.14. The van der Waals surface area contributed by atoms with Gasteiger partial charge in [-0.25, -0.2) is 0 Å². The Hall–Kier alpha value is -1.57. The van der Waals surface area contributed by atoms with E-state index in [1.54, 1.807) is 0 Å². The monoisotopic (exact) mass is 370 g/mol. The van der Waals surface area contributed by atoms with E-state index >= 15 is 0 Å². The molecule has 0 aliphatic carbocycles. The van der Waals surface area contributed by atoms with Crippen LogP contribution in [0.5, 0.6) is 0 Å². The Bertz CT molecular complexity index is 618. The van der Waals surface area contributed by atoms with Crippen LogP contribution in [0.15, 0.2) is 40.0 Å². The van der Waals surface area contributed by atoms with Crippen LogP contribution in [0.4, 0.5) is 0 Å². The fraction of sp³-hybridized carbons (Fsp3) is 0.438. The molecule has 24 heavy (non-hydrogen) atoms. The largest absolute Gasteiger partial charge is 0.410 e. The second-order valence-corrected chi connectivity index (χ2v) is 6.04. The van der Waals surface area contributed by atoms with Crippen LogP contribution in [0.1, 0.15) is 31.1 Å². The molecule has 0 radical (unpaired) electrons. The normalized spacial score (nSPS) is 11.5. The van der Waals surface area contributed by atoms with Crippen molar-refractivity contribution in [1.82, 2.24) is 15.0 Å². The van der Waals surface area contributed by atoms with Gasteiger partial charge >= 0.3 is 0 Å². The highest BCUT2D eigenvalue weighted by Gasteiger charge is 2.15. The predicted octanol–water partition coefficient (Wildman–Crippen LogP) is 3.29. The molecule has 2 aromatic rings. The van der Waals surface area contributed by atoms with Crippen molar-refractivity contribution in [2.45, 2.75) is 20.3 Å². The molecule has 0 bridgehead atoms. The lowest BCUT2D eigenvalue weighted by molar-refractivity contribution is 0.317. The molecule has 0 unspecified atom stereocenters. The Balaban J connectivity index is 0.00000288. The van der Waals surface area contributed by atoms with Crippen molar-refractivity contribution in [1.29, 1.82) is 0 Å². The SMILES string of the molecule is CCN(CC)CCSC(=NO)c1nc(Cc2ccccc2)no1.Cl. The van der Waals surface area contributed by atoms with Gasteiger partial charge in [0.05, 0.1) is 0 Å². The molecule has 1 aromatic carbocycles. The fourth-order valence-corrected chi connectivity index (χ4v) is 2.94. The van der Waals surface area contributed by atoms with E-state index in [0.29, 0.717) is 17.3 Å². The van der Waals surface area contributed by atoms with E-state index in [2.05, 4.69) is 34.0 Å². The first-order chi connectivity index (χ1) is 11.3. The van der Waals surface area contributed by atoms with Gasteiger partial charge < -0.3 is 14.6 Å². The van der Waals surface area contributed by atoms with Crippen molar-refractivity contribution in [3.05, 3.63) is 47.6 Å². The van der Waals surface area contributed by atoms with Crippen molar-refractivity contribution in [3.8, 4) is 0 Å². The zero-order chi connectivity index (χ0) is 16.5. The second-order valence-electron chi connectivity index (χ2n) is 4.96. The van der Waals surface area contributed by atoms with Crippen LogP contribution in [0.3, 0.4) is 0 Å². The van der Waals surface area contributed by atoms with Crippen LogP contribution in [-0.4, -0.2) is 50.7 Å². The molecule has 1 N–H and O–H groups in total. The van der Waals surface area contributed by atoms with Crippen LogP contribution in [0.25, 0.3) is 0 Å². The average molecular weight is 371 g/mol. The van der Waals surface area contributed by atoms with Gasteiger partial charge in [0.2, 0.25) is 5.04 Å². The van der Waals surface area contributed by atoms with Crippen LogP contribution in [0.2, 0.25) is 0 Å². The van der Waals surface area contributed by atoms with Gasteiger partial charge in [0.15, 0.2) is 5.82 Å². The molecule has 0 atom stereocenters. The van der Waals surface area contributed by atoms with Gasteiger partial charge in [-0.05, 0) is 18.7 Å². The third-order valence-electron chi connectivity index (χ3n) is 3.49. The number of halogens is 1. The first-order valence-electron chi connectivity index (χ1n) is 7.70. The molecule has 1 heterocycles. The molecular formula is C16H23ClN4O2S. The minimum Gasteiger partial charge on any atom is -0.410 e. The van der Waals surface area contributed by atoms with Crippen LogP contribution < -0.4 is 0 Å². The number of rotatable bonds is 8. The third-order valence-corrected chi connectivity index (χ3v) is 4.40. The molecule has 8 heteroatoms. The Morgan fingerprint density at radius 1 is 1.25 bits per heavy atom. The summed E-state index contributed by atoms with van der Waals surface area (Å²) in [5.41, 5.74) is 1.11. The van der Waals surface area contributed by atoms with Crippen LogP contribution in [-0.2, 0) is 6.42 Å². The summed E-state index contributed by atoms with van der Waals surface area (Å²) >= 11 is 1.42. The lowest BCUT2D eigenvalue weighted by Crippen LogP contribution is -2.25. The number of thioether (sulfide) groups is 1. The smallest absolute Gasteiger partial charge is 0.286 e. The van der Waals surface area contributed by atoms with Gasteiger partial charge in [0, 0.05) is 18.7 Å². The minimum absolute atomic E-state index is 0. The van der Waals surface area contributed by atoms with Gasteiger partial charge in [-0.3, -0.25) is 0 Å². The van der Waals surface area contributed by atoms with E-state index in [0.717, 1.165) is 31.0 Å². The summed E-state index contributed by atoms with van der Waals surface area (Å²) in [6.07, 6.45) is 0.590. The van der Waals surface area contributed by atoms with Crippen LogP contribution >= 0.6 is 24.2 Å². The molecule has 0 saturated heterocycles. The highest BCUT2D eigenvalue weighted by molar-refractivity contribution is 8.14. The summed E-state index contributed by atoms with van der Waals surface area (Å²) in [7, 11) is 0. The summed E-state index contributed by atoms with van der Waals surface area (Å²) < 4.78 is 5.21. The molecule has 0 spiro atoms. The van der Waals surface area contributed by atoms with Crippen LogP contribution in [0, 0.1) is 0 Å². The van der Waals surface area contributed by atoms with E-state index in [4.69, 9.17) is 4.52 Å². The molecule has 1 aromatic heterocycles. The Morgan fingerprint density at radius 2 is 1.96 bits per heavy atom. The Labute approximate surface area is 152 Å². The van der Waals surface area contributed by atoms with E-state index < -0.39 is 0 Å². The van der Waals surface area contributed by atoms with Crippen molar-refractivity contribution >= 4 is 29.2 Å². The van der Waals surface area contributed by atoms with Gasteiger partial charge in [-0.2, -0.15) is 4.98 Å². The first-order valence-corrected chi connectivity index (χ1v) is 8.69. The van der Waals surface area contributed by atoms with Crippen molar-refractivity contribution in [2.24, 2.45) is 5.16 Å². The number of aromatic nitrogens is 2. The molecule has 6 nitrogen and oxygen atoms in total. The fourth-order valence-electron chi connectivity index (χ4n) is 2.14. The summed E-state index contributed by atoms with van der Waals surface area (Å²) in [6, 6.07) is 9.93. The van der Waals surface area contributed by atoms with E-state index in [9.17, 15) is 5.21 Å². The Morgan fingerprint density at radius 3 is 2.58 bits per heavy atom. The summed E-state index contributed by atoms with van der Waals surface area (Å²) in [6.45, 7) is 7.18. The lowest BCUT2D eigenvalue weighted by atomic mass is 10.1. The highest BCUT2D eigenvalue weighted by atomic mass is 35.5. The van der Waals surface area contributed by atoms with Crippen molar-refractivity contribution in [3.63, 3.8) is 0 Å². The average Bonchev–Trinajstić information content (AvgIpc) is 3.04. The molecule has 2 rings (SSSR count). The lowest BCUT2D eigenvalue weighted by Gasteiger charge is -2.16. The summed E-state index contributed by atoms with van der Waals surface area (Å²) in [5, 5.41) is 16.8. The first kappa shape index (κ1) is 20.5. The minimum atomic E-state index is 0. The molecule has 0 amide bonds. The standard InChI is InChI=1S/C16H22N4O2S.ClH/c1-3-20(4-2)10-11-23-16(18-21)15-17-14(19-22-15)12-13-8-6-5-7-9-13;/h5-9,21H,3-4,10-12H2,1-2H3;1H. The molecule has 0 saturated carbocycles. The maximum absolute atomic E-state index is 9.18. The number of oxime groups is 1. The molecule has 0 fully saturated rings. The number of nitrogens with zero attached hydrogens (tertiary/aromatic N) is 4. The van der Waals surface area contributed by atoms with Gasteiger partial charge in [0.1, 0.15) is 0 Å². The van der Waals surface area contributed by atoms with Crippen molar-refractivity contribution in [2.75, 3.05) is 25.4 Å². The molecule has 0 aliphatic rings. The third kappa shape index (κ3) is 6.14. The maximum atomic E-state index is 9.18. The number of hydrogen-bond donors (Lipinski definition) is 1. The zero-order valence-corrected chi connectivity index (χ0v) is 15.5. The summed E-state index contributed by atoms with van der Waals surface area (Å²) in [5.74, 6) is 1.65. The van der Waals surface area contributed by atoms with Crippen molar-refractivity contribution < 1.29 is 9.73 Å². The quantitative estimate of drug-likeness (QED) is 0.332. The number of benzene rings is 1. The Kier molecular flexibility index (Phi) is 9.44. The van der Waals surface area contributed by atoms with E-state index in [1.807, 2.05) is 30.3 Å². The van der Waals surface area contributed by atoms with E-state index in [-0.39, 0.29) is 18.3 Å². The summed E-state index contributed by atoms with van der Waals surface area (Å²) in [4.78, 5) is 6.61. The molecular weight excluding hydrogens is 348 g/mol. The number of hydrogen-bond acceptors (Lipinski definition) is 7. The zero-order valence-electron chi connectivity index (χ0n) is 13.9. The second kappa shape index (κ2) is 11.1. The van der Waals surface area contributed by atoms with Gasteiger partial charge in [-0.1, -0.05) is 66.3 Å². The molecule has 0 aliphatic heterocycles. The predicted molar refractivity (Wildman–Crippen MR) is 99.4 cm³/mol. The topological polar surface area (TPSA) is 74.8 Å². The van der Waals surface area contributed by atoms with Gasteiger partial charge in [-0.15, -0.1) is 12.4 Å². The van der Waals surface area contributed by atoms with Gasteiger partial charge in [0.25, 0.3) is 5.89 Å². The maximum Gasteiger partial charge on any atom is 0.286 e. The van der Waals surface area contributed by atoms with E-state index in [1.165, 1.54) is 11.8 Å². The molecule has 132 valence electrons.